The summed E-state index contributed by atoms with van der Waals surface area (Å²) in [5.74, 6) is 0.0249. The van der Waals surface area contributed by atoms with Gasteiger partial charge in [-0.15, -0.1) is 0 Å². The smallest absolute Gasteiger partial charge is 0.255 e. The predicted octanol–water partition coefficient (Wildman–Crippen LogP) is 2.94. The highest BCUT2D eigenvalue weighted by Crippen LogP contribution is 2.22. The van der Waals surface area contributed by atoms with E-state index in [1.165, 1.54) is 12.8 Å². The van der Waals surface area contributed by atoms with Crippen LogP contribution < -0.4 is 5.73 Å². The summed E-state index contributed by atoms with van der Waals surface area (Å²) in [5, 5.41) is 0.444. The average Bonchev–Trinajstić information content (AvgIpc) is 2.56. The maximum atomic E-state index is 12.3. The van der Waals surface area contributed by atoms with Gasteiger partial charge in [0.15, 0.2) is 0 Å². The van der Waals surface area contributed by atoms with Crippen LogP contribution in [-0.2, 0) is 0 Å². The molecule has 1 aromatic rings. The molecule has 2 N–H and O–H groups in total. The number of carbonyl (C=O) groups excluding carboxylic acids is 1. The van der Waals surface area contributed by atoms with E-state index in [0.717, 1.165) is 25.9 Å². The molecule has 0 bridgehead atoms. The molecular weight excluding hydrogens is 236 g/mol. The van der Waals surface area contributed by atoms with Crippen LogP contribution in [-0.4, -0.2) is 23.9 Å². The van der Waals surface area contributed by atoms with Crippen LogP contribution in [0, 0.1) is 0 Å². The summed E-state index contributed by atoms with van der Waals surface area (Å²) in [5.41, 5.74) is 6.77. The minimum atomic E-state index is 0.0249. The fourth-order valence-corrected chi connectivity index (χ4v) is 2.42. The molecule has 1 aliphatic rings. The van der Waals surface area contributed by atoms with Gasteiger partial charge >= 0.3 is 0 Å². The summed E-state index contributed by atoms with van der Waals surface area (Å²) in [6, 6.07) is 5.06. The van der Waals surface area contributed by atoms with Crippen molar-refractivity contribution in [2.75, 3.05) is 18.8 Å². The van der Waals surface area contributed by atoms with Gasteiger partial charge in [-0.25, -0.2) is 0 Å². The Morgan fingerprint density at radius 2 is 1.82 bits per heavy atom. The van der Waals surface area contributed by atoms with Gasteiger partial charge in [0, 0.05) is 18.8 Å². The van der Waals surface area contributed by atoms with E-state index in [4.69, 9.17) is 17.3 Å². The largest absolute Gasteiger partial charge is 0.399 e. The fourth-order valence-electron chi connectivity index (χ4n) is 2.15. The second kappa shape index (κ2) is 5.41. The van der Waals surface area contributed by atoms with Crippen LogP contribution in [0.4, 0.5) is 5.69 Å². The number of rotatable bonds is 1. The summed E-state index contributed by atoms with van der Waals surface area (Å²) >= 11 is 6.06. The van der Waals surface area contributed by atoms with E-state index < -0.39 is 0 Å². The van der Waals surface area contributed by atoms with E-state index in [9.17, 15) is 4.79 Å². The van der Waals surface area contributed by atoms with E-state index in [-0.39, 0.29) is 5.91 Å². The standard InChI is InChI=1S/C13H17ClN2O/c14-12-9-10(15)5-6-11(12)13(17)16-7-3-1-2-4-8-16/h5-6,9H,1-4,7-8,15H2. The Morgan fingerprint density at radius 3 is 2.41 bits per heavy atom. The van der Waals surface area contributed by atoms with Crippen molar-refractivity contribution in [3.05, 3.63) is 28.8 Å². The van der Waals surface area contributed by atoms with Crippen LogP contribution in [0.5, 0.6) is 0 Å². The van der Waals surface area contributed by atoms with Gasteiger partial charge in [0.05, 0.1) is 10.6 Å². The van der Waals surface area contributed by atoms with Crippen LogP contribution in [0.1, 0.15) is 36.0 Å². The van der Waals surface area contributed by atoms with Crippen molar-refractivity contribution in [3.8, 4) is 0 Å². The zero-order chi connectivity index (χ0) is 12.3. The van der Waals surface area contributed by atoms with Crippen LogP contribution in [0.3, 0.4) is 0 Å². The van der Waals surface area contributed by atoms with Crippen LogP contribution in [0.2, 0.25) is 5.02 Å². The first-order valence-electron chi connectivity index (χ1n) is 6.03. The van der Waals surface area contributed by atoms with Crippen molar-refractivity contribution in [1.82, 2.24) is 4.90 Å². The van der Waals surface area contributed by atoms with Gasteiger partial charge < -0.3 is 10.6 Å². The third-order valence-electron chi connectivity index (χ3n) is 3.12. The minimum absolute atomic E-state index is 0.0249. The van der Waals surface area contributed by atoms with E-state index in [2.05, 4.69) is 0 Å². The molecule has 92 valence electrons. The molecular formula is C13H17ClN2O. The van der Waals surface area contributed by atoms with Crippen molar-refractivity contribution in [2.24, 2.45) is 0 Å². The summed E-state index contributed by atoms with van der Waals surface area (Å²) in [4.78, 5) is 14.2. The Hall–Kier alpha value is -1.22. The number of benzene rings is 1. The topological polar surface area (TPSA) is 46.3 Å². The molecule has 17 heavy (non-hydrogen) atoms. The Balaban J connectivity index is 2.17. The number of hydrogen-bond acceptors (Lipinski definition) is 2. The molecule has 4 heteroatoms. The van der Waals surface area contributed by atoms with Crippen LogP contribution >= 0.6 is 11.6 Å². The van der Waals surface area contributed by atoms with E-state index in [1.807, 2.05) is 4.90 Å². The van der Waals surface area contributed by atoms with Crippen molar-refractivity contribution in [2.45, 2.75) is 25.7 Å². The summed E-state index contributed by atoms with van der Waals surface area (Å²) in [6.45, 7) is 1.67. The Bertz CT molecular complexity index is 412. The van der Waals surface area contributed by atoms with Crippen LogP contribution in [0.25, 0.3) is 0 Å². The summed E-state index contributed by atoms with van der Waals surface area (Å²) < 4.78 is 0. The number of nitrogens with two attached hydrogens (primary N) is 1. The van der Waals surface area contributed by atoms with E-state index >= 15 is 0 Å². The minimum Gasteiger partial charge on any atom is -0.399 e. The number of amides is 1. The average molecular weight is 253 g/mol. The van der Waals surface area contributed by atoms with Gasteiger partial charge in [0.1, 0.15) is 0 Å². The third kappa shape index (κ3) is 2.91. The first-order valence-corrected chi connectivity index (χ1v) is 6.40. The maximum absolute atomic E-state index is 12.3. The Morgan fingerprint density at radius 1 is 1.18 bits per heavy atom. The number of nitrogen functional groups attached to an aromatic ring is 1. The van der Waals surface area contributed by atoms with Gasteiger partial charge in [-0.05, 0) is 31.0 Å². The first-order chi connectivity index (χ1) is 8.18. The van der Waals surface area contributed by atoms with Gasteiger partial charge in [-0.3, -0.25) is 4.79 Å². The molecule has 0 atom stereocenters. The summed E-state index contributed by atoms with van der Waals surface area (Å²) in [6.07, 6.45) is 4.58. The number of nitrogens with zero attached hydrogens (tertiary/aromatic N) is 1. The number of carbonyl (C=O) groups is 1. The molecule has 3 nitrogen and oxygen atoms in total. The van der Waals surface area contributed by atoms with Gasteiger partial charge in [0.25, 0.3) is 5.91 Å². The van der Waals surface area contributed by atoms with Gasteiger partial charge in [-0.1, -0.05) is 24.4 Å². The second-order valence-corrected chi connectivity index (χ2v) is 4.85. The molecule has 1 heterocycles. The zero-order valence-electron chi connectivity index (χ0n) is 9.79. The summed E-state index contributed by atoms with van der Waals surface area (Å²) in [7, 11) is 0. The lowest BCUT2D eigenvalue weighted by Crippen LogP contribution is -2.32. The quantitative estimate of drug-likeness (QED) is 0.781. The molecule has 1 saturated heterocycles. The van der Waals surface area contributed by atoms with Gasteiger partial charge in [0.2, 0.25) is 0 Å². The number of halogens is 1. The molecule has 1 aromatic carbocycles. The van der Waals surface area contributed by atoms with Crippen molar-refractivity contribution in [3.63, 3.8) is 0 Å². The van der Waals surface area contributed by atoms with E-state index in [1.54, 1.807) is 18.2 Å². The zero-order valence-corrected chi connectivity index (χ0v) is 10.5. The second-order valence-electron chi connectivity index (χ2n) is 4.45. The third-order valence-corrected chi connectivity index (χ3v) is 3.43. The monoisotopic (exact) mass is 252 g/mol. The van der Waals surface area contributed by atoms with Crippen molar-refractivity contribution < 1.29 is 4.79 Å². The molecule has 1 aliphatic heterocycles. The normalized spacial score (nSPS) is 16.6. The van der Waals surface area contributed by atoms with Crippen molar-refractivity contribution >= 4 is 23.2 Å². The molecule has 2 rings (SSSR count). The first kappa shape index (κ1) is 12.2. The molecule has 0 spiro atoms. The van der Waals surface area contributed by atoms with Crippen molar-refractivity contribution in [1.29, 1.82) is 0 Å². The van der Waals surface area contributed by atoms with Gasteiger partial charge in [-0.2, -0.15) is 0 Å². The highest BCUT2D eigenvalue weighted by Gasteiger charge is 2.19. The Labute approximate surface area is 107 Å². The van der Waals surface area contributed by atoms with Crippen LogP contribution in [0.15, 0.2) is 18.2 Å². The molecule has 1 amide bonds. The SMILES string of the molecule is Nc1ccc(C(=O)N2CCCCCC2)c(Cl)c1. The number of hydrogen-bond donors (Lipinski definition) is 1. The molecule has 0 saturated carbocycles. The molecule has 0 unspecified atom stereocenters. The highest BCUT2D eigenvalue weighted by molar-refractivity contribution is 6.34. The maximum Gasteiger partial charge on any atom is 0.255 e. The Kier molecular flexibility index (Phi) is 3.89. The highest BCUT2D eigenvalue weighted by atomic mass is 35.5. The predicted molar refractivity (Wildman–Crippen MR) is 70.2 cm³/mol. The van der Waals surface area contributed by atoms with E-state index in [0.29, 0.717) is 16.3 Å². The number of anilines is 1. The lowest BCUT2D eigenvalue weighted by Gasteiger charge is -2.20. The molecule has 0 radical (unpaired) electrons. The molecule has 0 aliphatic carbocycles. The lowest BCUT2D eigenvalue weighted by atomic mass is 10.1. The molecule has 0 aromatic heterocycles. The fraction of sp³-hybridized carbons (Fsp3) is 0.462. The number of likely N-dealkylation sites (tertiary alicyclic amines) is 1. The molecule has 1 fully saturated rings. The lowest BCUT2D eigenvalue weighted by molar-refractivity contribution is 0.0762.